The summed E-state index contributed by atoms with van der Waals surface area (Å²) in [4.78, 5) is 43.0. The van der Waals surface area contributed by atoms with E-state index in [1.165, 1.54) is 24.2 Å². The molecule has 0 saturated carbocycles. The molecule has 3 aromatic heterocycles. The van der Waals surface area contributed by atoms with E-state index in [0.29, 0.717) is 5.78 Å². The number of hydrogen-bond acceptors (Lipinski definition) is 5. The molecule has 4 aromatic rings. The Labute approximate surface area is 178 Å². The van der Waals surface area contributed by atoms with Gasteiger partial charge in [0.1, 0.15) is 6.04 Å². The summed E-state index contributed by atoms with van der Waals surface area (Å²) in [6.07, 6.45) is 0.937. The number of hydrogen-bond donors (Lipinski definition) is 0. The van der Waals surface area contributed by atoms with Gasteiger partial charge in [-0.2, -0.15) is 4.98 Å². The Morgan fingerprint density at radius 1 is 1.13 bits per heavy atom. The molecule has 0 fully saturated rings. The third-order valence-electron chi connectivity index (χ3n) is 6.00. The molecule has 0 aliphatic carbocycles. The molecule has 0 aliphatic rings. The number of rotatable bonds is 4. The molecule has 0 aliphatic heterocycles. The number of benzene rings is 1. The van der Waals surface area contributed by atoms with Gasteiger partial charge < -0.3 is 4.74 Å². The summed E-state index contributed by atoms with van der Waals surface area (Å²) in [6, 6.07) is 7.09. The van der Waals surface area contributed by atoms with Crippen molar-refractivity contribution in [2.24, 2.45) is 7.05 Å². The fraction of sp³-hybridized carbons (Fsp3) is 0.364. The first-order chi connectivity index (χ1) is 14.7. The van der Waals surface area contributed by atoms with E-state index in [2.05, 4.69) is 24.0 Å². The number of carbonyl (C=O) groups excluding carboxylic acids is 1. The average Bonchev–Trinajstić information content (AvgIpc) is 3.27. The lowest BCUT2D eigenvalue weighted by Gasteiger charge is -2.13. The van der Waals surface area contributed by atoms with Gasteiger partial charge in [-0.05, 0) is 44.9 Å². The first kappa shape index (κ1) is 20.6. The molecule has 3 heterocycles. The lowest BCUT2D eigenvalue weighted by Crippen LogP contribution is -2.43. The van der Waals surface area contributed by atoms with Gasteiger partial charge in [0.25, 0.3) is 5.56 Å². The fourth-order valence-corrected chi connectivity index (χ4v) is 4.02. The monoisotopic (exact) mass is 423 g/mol. The zero-order valence-corrected chi connectivity index (χ0v) is 18.5. The number of methoxy groups -OCH3 is 1. The number of ether oxygens (including phenoxy) is 1. The summed E-state index contributed by atoms with van der Waals surface area (Å²) < 4.78 is 10.7. The molecule has 0 N–H and O–H groups in total. The highest BCUT2D eigenvalue weighted by Crippen LogP contribution is 2.25. The molecule has 1 atom stereocenters. The minimum absolute atomic E-state index is 0.248. The van der Waals surface area contributed by atoms with Crippen molar-refractivity contribution in [1.82, 2.24) is 23.1 Å². The topological polar surface area (TPSA) is 92.5 Å². The van der Waals surface area contributed by atoms with Gasteiger partial charge in [-0.1, -0.05) is 19.1 Å². The third kappa shape index (κ3) is 2.83. The number of nitrogens with zero attached hydrogens (tertiary/aromatic N) is 5. The Bertz CT molecular complexity index is 1450. The predicted molar refractivity (Wildman–Crippen MR) is 117 cm³/mol. The Balaban J connectivity index is 2.12. The van der Waals surface area contributed by atoms with Crippen LogP contribution in [0.3, 0.4) is 0 Å². The normalized spacial score (nSPS) is 12.6. The SMILES string of the molecule is CCc1ccc(-n2c(C)c(C)n3c4c(=O)n(C(C)C(=O)OC)c(=O)n(C)c4nc23)cc1. The first-order valence-electron chi connectivity index (χ1n) is 10.1. The number of aromatic nitrogens is 5. The van der Waals surface area contributed by atoms with Crippen LogP contribution in [0.25, 0.3) is 22.6 Å². The molecule has 1 aromatic carbocycles. The second kappa shape index (κ2) is 7.26. The van der Waals surface area contributed by atoms with Crippen LogP contribution in [0.4, 0.5) is 0 Å². The Morgan fingerprint density at radius 2 is 1.77 bits per heavy atom. The largest absolute Gasteiger partial charge is 0.467 e. The van der Waals surface area contributed by atoms with E-state index in [0.717, 1.165) is 28.1 Å². The van der Waals surface area contributed by atoms with Crippen molar-refractivity contribution in [3.05, 3.63) is 62.1 Å². The van der Waals surface area contributed by atoms with Crippen molar-refractivity contribution >= 4 is 22.9 Å². The molecule has 9 nitrogen and oxygen atoms in total. The maximum Gasteiger partial charge on any atom is 0.333 e. The third-order valence-corrected chi connectivity index (χ3v) is 6.00. The van der Waals surface area contributed by atoms with Gasteiger partial charge in [0.15, 0.2) is 11.2 Å². The zero-order valence-electron chi connectivity index (χ0n) is 18.5. The molecule has 1 unspecified atom stereocenters. The minimum atomic E-state index is -1.06. The highest BCUT2D eigenvalue weighted by molar-refractivity contribution is 5.78. The number of aryl methyl sites for hydroxylation is 3. The van der Waals surface area contributed by atoms with Gasteiger partial charge in [-0.25, -0.2) is 14.2 Å². The van der Waals surface area contributed by atoms with E-state index in [4.69, 9.17) is 4.74 Å². The van der Waals surface area contributed by atoms with Gasteiger partial charge in [-0.3, -0.25) is 18.3 Å². The Morgan fingerprint density at radius 3 is 2.35 bits per heavy atom. The number of esters is 1. The maximum absolute atomic E-state index is 13.4. The summed E-state index contributed by atoms with van der Waals surface area (Å²) in [7, 11) is 2.76. The van der Waals surface area contributed by atoms with Crippen LogP contribution in [0.15, 0.2) is 33.9 Å². The van der Waals surface area contributed by atoms with E-state index in [9.17, 15) is 14.4 Å². The quantitative estimate of drug-likeness (QED) is 0.469. The highest BCUT2D eigenvalue weighted by Gasteiger charge is 2.27. The van der Waals surface area contributed by atoms with Gasteiger partial charge in [0.05, 0.1) is 7.11 Å². The van der Waals surface area contributed by atoms with Crippen LogP contribution in [0, 0.1) is 13.8 Å². The van der Waals surface area contributed by atoms with Crippen molar-refractivity contribution in [3.63, 3.8) is 0 Å². The van der Waals surface area contributed by atoms with Crippen LogP contribution in [-0.2, 0) is 23.0 Å². The van der Waals surface area contributed by atoms with E-state index in [1.807, 2.05) is 30.5 Å². The number of fused-ring (bicyclic) bond motifs is 3. The van der Waals surface area contributed by atoms with Crippen molar-refractivity contribution in [3.8, 4) is 5.69 Å². The molecule has 0 spiro atoms. The van der Waals surface area contributed by atoms with Crippen LogP contribution < -0.4 is 11.2 Å². The second-order valence-corrected chi connectivity index (χ2v) is 7.66. The van der Waals surface area contributed by atoms with Gasteiger partial charge >= 0.3 is 11.7 Å². The molecule has 31 heavy (non-hydrogen) atoms. The summed E-state index contributed by atoms with van der Waals surface area (Å²) >= 11 is 0. The summed E-state index contributed by atoms with van der Waals surface area (Å²) in [5, 5.41) is 0. The average molecular weight is 423 g/mol. The van der Waals surface area contributed by atoms with Crippen molar-refractivity contribution in [2.75, 3.05) is 7.11 Å². The van der Waals surface area contributed by atoms with Gasteiger partial charge in [0, 0.05) is 24.1 Å². The molecular formula is C22H25N5O4. The van der Waals surface area contributed by atoms with Crippen molar-refractivity contribution < 1.29 is 9.53 Å². The predicted octanol–water partition coefficient (Wildman–Crippen LogP) is 2.05. The Hall–Kier alpha value is -3.62. The van der Waals surface area contributed by atoms with Crippen LogP contribution in [-0.4, -0.2) is 36.2 Å². The molecule has 9 heteroatoms. The molecule has 0 saturated heterocycles. The lowest BCUT2D eigenvalue weighted by atomic mass is 10.1. The molecule has 0 radical (unpaired) electrons. The number of imidazole rings is 2. The van der Waals surface area contributed by atoms with Crippen molar-refractivity contribution in [1.29, 1.82) is 0 Å². The van der Waals surface area contributed by atoms with Crippen LogP contribution in [0.1, 0.15) is 36.8 Å². The van der Waals surface area contributed by atoms with Crippen molar-refractivity contribution in [2.45, 2.75) is 40.2 Å². The molecule has 162 valence electrons. The minimum Gasteiger partial charge on any atom is -0.467 e. The fourth-order valence-electron chi connectivity index (χ4n) is 4.02. The Kier molecular flexibility index (Phi) is 4.83. The molecule has 0 amide bonds. The molecule has 0 bridgehead atoms. The van der Waals surface area contributed by atoms with Crippen LogP contribution in [0.2, 0.25) is 0 Å². The first-order valence-corrected chi connectivity index (χ1v) is 10.1. The summed E-state index contributed by atoms with van der Waals surface area (Å²) in [5.41, 5.74) is 3.19. The van der Waals surface area contributed by atoms with E-state index in [1.54, 1.807) is 11.4 Å². The summed E-state index contributed by atoms with van der Waals surface area (Å²) in [6.45, 7) is 7.43. The van der Waals surface area contributed by atoms with E-state index < -0.39 is 23.3 Å². The van der Waals surface area contributed by atoms with Crippen LogP contribution in [0.5, 0.6) is 0 Å². The van der Waals surface area contributed by atoms with Gasteiger partial charge in [-0.15, -0.1) is 0 Å². The number of carbonyl (C=O) groups is 1. The van der Waals surface area contributed by atoms with E-state index >= 15 is 0 Å². The summed E-state index contributed by atoms with van der Waals surface area (Å²) in [5.74, 6) is -0.134. The standard InChI is InChI=1S/C22H25N5O4/c1-7-15-8-10-16(11-9-15)25-12(2)13(3)26-17-18(23-21(25)26)24(5)22(30)27(19(17)28)14(4)20(29)31-6/h8-11,14H,7H2,1-6H3. The zero-order chi connectivity index (χ0) is 22.6. The molecule has 4 rings (SSSR count). The lowest BCUT2D eigenvalue weighted by molar-refractivity contribution is -0.144. The highest BCUT2D eigenvalue weighted by atomic mass is 16.5. The maximum atomic E-state index is 13.4. The second-order valence-electron chi connectivity index (χ2n) is 7.66. The van der Waals surface area contributed by atoms with Gasteiger partial charge in [0.2, 0.25) is 5.78 Å². The smallest absolute Gasteiger partial charge is 0.333 e. The van der Waals surface area contributed by atoms with E-state index in [-0.39, 0.29) is 11.2 Å². The van der Waals surface area contributed by atoms with Crippen LogP contribution >= 0.6 is 0 Å². The molecular weight excluding hydrogens is 398 g/mol.